The number of carbonyl (C=O) groups is 2. The van der Waals surface area contributed by atoms with Gasteiger partial charge in [0.15, 0.2) is 0 Å². The van der Waals surface area contributed by atoms with Gasteiger partial charge in [0, 0.05) is 16.1 Å². The molecule has 0 aliphatic rings. The Morgan fingerprint density at radius 1 is 1.10 bits per heavy atom. The van der Waals surface area contributed by atoms with E-state index in [1.165, 1.54) is 36.0 Å². The first-order chi connectivity index (χ1) is 9.67. The zero-order valence-corrected chi connectivity index (χ0v) is 11.3. The maximum atomic E-state index is 12.7. The number of rotatable bonds is 5. The molecule has 0 atom stereocenters. The number of carbonyl (C=O) groups excluding carboxylic acids is 2. The molecule has 1 amide bonds. The molecular formula is C15H12FNO2S. The van der Waals surface area contributed by atoms with Crippen LogP contribution in [-0.2, 0) is 4.79 Å². The van der Waals surface area contributed by atoms with Crippen molar-refractivity contribution in [3.05, 3.63) is 59.9 Å². The fraction of sp³-hybridized carbons (Fsp3) is 0.0667. The summed E-state index contributed by atoms with van der Waals surface area (Å²) in [4.78, 5) is 23.1. The molecule has 0 heterocycles. The highest BCUT2D eigenvalue weighted by atomic mass is 32.2. The molecule has 0 unspecified atom stereocenters. The average molecular weight is 289 g/mol. The van der Waals surface area contributed by atoms with Crippen molar-refractivity contribution in [2.45, 2.75) is 4.90 Å². The fourth-order valence-electron chi connectivity index (χ4n) is 1.52. The van der Waals surface area contributed by atoms with E-state index in [4.69, 9.17) is 0 Å². The van der Waals surface area contributed by atoms with Crippen LogP contribution in [0.25, 0.3) is 0 Å². The molecule has 20 heavy (non-hydrogen) atoms. The van der Waals surface area contributed by atoms with Gasteiger partial charge in [-0.15, -0.1) is 11.8 Å². The Kier molecular flexibility index (Phi) is 4.90. The molecule has 5 heteroatoms. The lowest BCUT2D eigenvalue weighted by atomic mass is 10.2. The maximum Gasteiger partial charge on any atom is 0.234 e. The number of benzene rings is 2. The third-order valence-electron chi connectivity index (χ3n) is 2.51. The first kappa shape index (κ1) is 14.3. The summed E-state index contributed by atoms with van der Waals surface area (Å²) < 4.78 is 12.7. The molecule has 0 radical (unpaired) electrons. The molecule has 0 saturated carbocycles. The molecule has 0 aliphatic heterocycles. The summed E-state index contributed by atoms with van der Waals surface area (Å²) >= 11 is 1.37. The number of hydrogen-bond acceptors (Lipinski definition) is 3. The Labute approximate surface area is 120 Å². The summed E-state index contributed by atoms with van der Waals surface area (Å²) in [5, 5.41) is 2.68. The predicted molar refractivity (Wildman–Crippen MR) is 77.6 cm³/mol. The molecule has 0 saturated heterocycles. The van der Waals surface area contributed by atoms with Crippen LogP contribution in [0, 0.1) is 5.82 Å². The molecule has 1 N–H and O–H groups in total. The van der Waals surface area contributed by atoms with Crippen LogP contribution in [0.1, 0.15) is 10.4 Å². The fourth-order valence-corrected chi connectivity index (χ4v) is 2.22. The molecule has 0 aromatic heterocycles. The van der Waals surface area contributed by atoms with E-state index in [2.05, 4.69) is 5.32 Å². The zero-order valence-electron chi connectivity index (χ0n) is 10.5. The highest BCUT2D eigenvalue weighted by molar-refractivity contribution is 8.00. The van der Waals surface area contributed by atoms with Gasteiger partial charge < -0.3 is 5.32 Å². The predicted octanol–water partition coefficient (Wildman–Crippen LogP) is 3.37. The van der Waals surface area contributed by atoms with E-state index in [1.807, 2.05) is 0 Å². The molecule has 0 bridgehead atoms. The molecule has 3 nitrogen and oxygen atoms in total. The van der Waals surface area contributed by atoms with E-state index in [1.54, 1.807) is 24.3 Å². The first-order valence-electron chi connectivity index (χ1n) is 5.91. The van der Waals surface area contributed by atoms with Crippen molar-refractivity contribution < 1.29 is 14.0 Å². The minimum absolute atomic E-state index is 0.166. The standard InChI is InChI=1S/C15H12FNO2S/c16-12-3-5-13(6-4-12)17-15(19)10-20-14-7-1-11(9-18)2-8-14/h1-9H,10H2,(H,17,19). The van der Waals surface area contributed by atoms with Gasteiger partial charge in [-0.1, -0.05) is 12.1 Å². The van der Waals surface area contributed by atoms with Crippen LogP contribution in [0.5, 0.6) is 0 Å². The summed E-state index contributed by atoms with van der Waals surface area (Å²) in [5.41, 5.74) is 1.17. The highest BCUT2D eigenvalue weighted by Gasteiger charge is 2.04. The second kappa shape index (κ2) is 6.86. The molecule has 2 aromatic carbocycles. The van der Waals surface area contributed by atoms with E-state index in [0.29, 0.717) is 11.3 Å². The number of hydrogen-bond donors (Lipinski definition) is 1. The van der Waals surface area contributed by atoms with E-state index in [9.17, 15) is 14.0 Å². The second-order valence-corrected chi connectivity index (χ2v) is 5.08. The van der Waals surface area contributed by atoms with E-state index in [-0.39, 0.29) is 17.5 Å². The lowest BCUT2D eigenvalue weighted by molar-refractivity contribution is -0.113. The smallest absolute Gasteiger partial charge is 0.234 e. The average Bonchev–Trinajstić information content (AvgIpc) is 2.48. The number of anilines is 1. The van der Waals surface area contributed by atoms with Crippen LogP contribution in [0.15, 0.2) is 53.4 Å². The minimum atomic E-state index is -0.340. The van der Waals surface area contributed by atoms with Crippen molar-refractivity contribution in [2.24, 2.45) is 0 Å². The SMILES string of the molecule is O=Cc1ccc(SCC(=O)Nc2ccc(F)cc2)cc1. The van der Waals surface area contributed by atoms with Gasteiger partial charge in [0.1, 0.15) is 12.1 Å². The molecule has 0 aliphatic carbocycles. The van der Waals surface area contributed by atoms with Crippen LogP contribution in [-0.4, -0.2) is 17.9 Å². The van der Waals surface area contributed by atoms with Crippen LogP contribution in [0.4, 0.5) is 10.1 Å². The van der Waals surface area contributed by atoms with Crippen molar-refractivity contribution in [2.75, 3.05) is 11.1 Å². The van der Waals surface area contributed by atoms with Crippen LogP contribution >= 0.6 is 11.8 Å². The molecule has 2 rings (SSSR count). The monoisotopic (exact) mass is 289 g/mol. The van der Waals surface area contributed by atoms with E-state index in [0.717, 1.165) is 11.2 Å². The maximum absolute atomic E-state index is 12.7. The summed E-state index contributed by atoms with van der Waals surface area (Å²) in [6.07, 6.45) is 0.774. The van der Waals surface area contributed by atoms with Crippen molar-refractivity contribution in [3.63, 3.8) is 0 Å². The molecular weight excluding hydrogens is 277 g/mol. The lowest BCUT2D eigenvalue weighted by Gasteiger charge is -2.05. The number of halogens is 1. The highest BCUT2D eigenvalue weighted by Crippen LogP contribution is 2.18. The van der Waals surface area contributed by atoms with Gasteiger partial charge in [0.05, 0.1) is 5.75 Å². The third-order valence-corrected chi connectivity index (χ3v) is 3.53. The van der Waals surface area contributed by atoms with E-state index >= 15 is 0 Å². The van der Waals surface area contributed by atoms with Gasteiger partial charge >= 0.3 is 0 Å². The van der Waals surface area contributed by atoms with Gasteiger partial charge in [0.25, 0.3) is 0 Å². The molecule has 102 valence electrons. The van der Waals surface area contributed by atoms with Gasteiger partial charge in [-0.25, -0.2) is 4.39 Å². The quantitative estimate of drug-likeness (QED) is 0.678. The van der Waals surface area contributed by atoms with Gasteiger partial charge in [0.2, 0.25) is 5.91 Å². The van der Waals surface area contributed by atoms with Crippen molar-refractivity contribution in [1.29, 1.82) is 0 Å². The van der Waals surface area contributed by atoms with Crippen LogP contribution in [0.2, 0.25) is 0 Å². The number of thioether (sulfide) groups is 1. The first-order valence-corrected chi connectivity index (χ1v) is 6.89. The summed E-state index contributed by atoms with van der Waals surface area (Å²) in [6, 6.07) is 12.6. The minimum Gasteiger partial charge on any atom is -0.325 e. The topological polar surface area (TPSA) is 46.2 Å². The number of nitrogens with one attached hydrogen (secondary N) is 1. The van der Waals surface area contributed by atoms with E-state index < -0.39 is 0 Å². The summed E-state index contributed by atoms with van der Waals surface area (Å²) in [6.45, 7) is 0. The Hall–Kier alpha value is -2.14. The van der Waals surface area contributed by atoms with Crippen molar-refractivity contribution >= 4 is 29.6 Å². The summed E-state index contributed by atoms with van der Waals surface area (Å²) in [5.74, 6) is -0.258. The Bertz CT molecular complexity index is 596. The molecule has 0 fully saturated rings. The van der Waals surface area contributed by atoms with Gasteiger partial charge in [-0.2, -0.15) is 0 Å². The number of aldehydes is 1. The van der Waals surface area contributed by atoms with Crippen molar-refractivity contribution in [3.8, 4) is 0 Å². The Balaban J connectivity index is 1.85. The van der Waals surface area contributed by atoms with Gasteiger partial charge in [-0.3, -0.25) is 9.59 Å². The van der Waals surface area contributed by atoms with Crippen molar-refractivity contribution in [1.82, 2.24) is 0 Å². The number of amides is 1. The molecule has 0 spiro atoms. The van der Waals surface area contributed by atoms with Crippen LogP contribution in [0.3, 0.4) is 0 Å². The normalized spacial score (nSPS) is 10.1. The Morgan fingerprint density at radius 3 is 2.35 bits per heavy atom. The Morgan fingerprint density at radius 2 is 1.75 bits per heavy atom. The largest absolute Gasteiger partial charge is 0.325 e. The van der Waals surface area contributed by atoms with Crippen LogP contribution < -0.4 is 5.32 Å². The van der Waals surface area contributed by atoms with Gasteiger partial charge in [-0.05, 0) is 36.4 Å². The third kappa shape index (κ3) is 4.20. The summed E-state index contributed by atoms with van der Waals surface area (Å²) in [7, 11) is 0. The molecule has 2 aromatic rings. The lowest BCUT2D eigenvalue weighted by Crippen LogP contribution is -2.13. The zero-order chi connectivity index (χ0) is 14.4. The second-order valence-electron chi connectivity index (χ2n) is 4.03.